The normalized spacial score (nSPS) is 22.0. The Morgan fingerprint density at radius 3 is 2.67 bits per heavy atom. The number of hydrogen-bond acceptors (Lipinski definition) is 3. The number of amides is 1. The molecule has 0 aliphatic carbocycles. The quantitative estimate of drug-likeness (QED) is 0.807. The van der Waals surface area contributed by atoms with E-state index in [4.69, 9.17) is 9.47 Å². The Bertz CT molecular complexity index is 456. The van der Waals surface area contributed by atoms with E-state index in [1.54, 1.807) is 24.1 Å². The lowest BCUT2D eigenvalue weighted by atomic mass is 10.0. The zero-order chi connectivity index (χ0) is 13.3. The SMILES string of the molecule is COc1ccccc1C(=O)N1C(C)OCC1(C)C. The highest BCUT2D eigenvalue weighted by atomic mass is 16.5. The molecule has 1 aliphatic heterocycles. The molecule has 0 N–H and O–H groups in total. The second-order valence-electron chi connectivity index (χ2n) is 5.10. The van der Waals surface area contributed by atoms with Crippen LogP contribution in [-0.4, -0.2) is 36.3 Å². The molecule has 1 fully saturated rings. The van der Waals surface area contributed by atoms with Gasteiger partial charge in [0.15, 0.2) is 0 Å². The fourth-order valence-corrected chi connectivity index (χ4v) is 2.35. The molecule has 0 saturated carbocycles. The zero-order valence-electron chi connectivity index (χ0n) is 11.3. The number of carbonyl (C=O) groups is 1. The molecule has 1 aromatic rings. The van der Waals surface area contributed by atoms with Gasteiger partial charge in [0.05, 0.1) is 24.8 Å². The van der Waals surface area contributed by atoms with E-state index in [9.17, 15) is 4.79 Å². The summed E-state index contributed by atoms with van der Waals surface area (Å²) in [6.45, 7) is 6.45. The predicted octanol–water partition coefficient (Wildman–Crippen LogP) is 2.29. The van der Waals surface area contributed by atoms with Gasteiger partial charge in [0, 0.05) is 0 Å². The minimum atomic E-state index is -0.294. The van der Waals surface area contributed by atoms with E-state index in [0.29, 0.717) is 17.9 Å². The maximum atomic E-state index is 12.6. The van der Waals surface area contributed by atoms with Crippen LogP contribution >= 0.6 is 0 Å². The van der Waals surface area contributed by atoms with Gasteiger partial charge in [0.2, 0.25) is 0 Å². The number of rotatable bonds is 2. The summed E-state index contributed by atoms with van der Waals surface area (Å²) in [6.07, 6.45) is -0.211. The van der Waals surface area contributed by atoms with Crippen molar-refractivity contribution in [3.63, 3.8) is 0 Å². The summed E-state index contributed by atoms with van der Waals surface area (Å²) in [4.78, 5) is 14.4. The molecule has 1 saturated heterocycles. The van der Waals surface area contributed by atoms with E-state index >= 15 is 0 Å². The third-order valence-corrected chi connectivity index (χ3v) is 3.25. The van der Waals surface area contributed by atoms with Crippen molar-refractivity contribution < 1.29 is 14.3 Å². The third kappa shape index (κ3) is 2.08. The molecule has 18 heavy (non-hydrogen) atoms. The van der Waals surface area contributed by atoms with Crippen molar-refractivity contribution in [2.75, 3.05) is 13.7 Å². The number of hydrogen-bond donors (Lipinski definition) is 0. The lowest BCUT2D eigenvalue weighted by Crippen LogP contribution is -2.47. The highest BCUT2D eigenvalue weighted by molar-refractivity contribution is 5.97. The van der Waals surface area contributed by atoms with Crippen LogP contribution < -0.4 is 4.74 Å². The number of nitrogens with zero attached hydrogens (tertiary/aromatic N) is 1. The van der Waals surface area contributed by atoms with Gasteiger partial charge in [-0.2, -0.15) is 0 Å². The minimum absolute atomic E-state index is 0.0533. The molecule has 1 aliphatic rings. The molecule has 4 heteroatoms. The average Bonchev–Trinajstić information content (AvgIpc) is 2.62. The predicted molar refractivity (Wildman–Crippen MR) is 68.7 cm³/mol. The van der Waals surface area contributed by atoms with E-state index < -0.39 is 0 Å². The molecule has 0 radical (unpaired) electrons. The Balaban J connectivity index is 2.36. The highest BCUT2D eigenvalue weighted by Crippen LogP contribution is 2.30. The van der Waals surface area contributed by atoms with Crippen molar-refractivity contribution in [2.24, 2.45) is 0 Å². The fraction of sp³-hybridized carbons (Fsp3) is 0.500. The number of carbonyl (C=O) groups excluding carboxylic acids is 1. The second-order valence-corrected chi connectivity index (χ2v) is 5.10. The van der Waals surface area contributed by atoms with Gasteiger partial charge in [0.25, 0.3) is 5.91 Å². The van der Waals surface area contributed by atoms with Gasteiger partial charge in [-0.15, -0.1) is 0 Å². The topological polar surface area (TPSA) is 38.8 Å². The fourth-order valence-electron chi connectivity index (χ4n) is 2.35. The molecule has 1 aromatic carbocycles. The van der Waals surface area contributed by atoms with E-state index in [-0.39, 0.29) is 17.7 Å². The van der Waals surface area contributed by atoms with Crippen molar-refractivity contribution in [1.29, 1.82) is 0 Å². The summed E-state index contributed by atoms with van der Waals surface area (Å²) in [5.41, 5.74) is 0.280. The molecule has 0 spiro atoms. The third-order valence-electron chi connectivity index (χ3n) is 3.25. The van der Waals surface area contributed by atoms with Crippen LogP contribution in [0.3, 0.4) is 0 Å². The first-order chi connectivity index (χ1) is 8.47. The molecular formula is C14H19NO3. The summed E-state index contributed by atoms with van der Waals surface area (Å²) >= 11 is 0. The van der Waals surface area contributed by atoms with Crippen LogP contribution in [0, 0.1) is 0 Å². The average molecular weight is 249 g/mol. The molecule has 1 atom stereocenters. The molecule has 1 amide bonds. The van der Waals surface area contributed by atoms with Gasteiger partial charge in [0.1, 0.15) is 12.0 Å². The van der Waals surface area contributed by atoms with Crippen molar-refractivity contribution in [3.8, 4) is 5.75 Å². The van der Waals surface area contributed by atoms with Gasteiger partial charge in [-0.25, -0.2) is 0 Å². The summed E-state index contributed by atoms with van der Waals surface area (Å²) in [7, 11) is 1.57. The standard InChI is InChI=1S/C14H19NO3/c1-10-15(14(2,3)9-18-10)13(16)11-7-5-6-8-12(11)17-4/h5-8,10H,9H2,1-4H3. The second kappa shape index (κ2) is 4.61. The molecule has 0 aromatic heterocycles. The molecule has 4 nitrogen and oxygen atoms in total. The van der Waals surface area contributed by atoms with Gasteiger partial charge >= 0.3 is 0 Å². The molecule has 2 rings (SSSR count). The Morgan fingerprint density at radius 2 is 2.11 bits per heavy atom. The zero-order valence-corrected chi connectivity index (χ0v) is 11.3. The van der Waals surface area contributed by atoms with E-state index in [1.807, 2.05) is 32.9 Å². The Hall–Kier alpha value is -1.55. The van der Waals surface area contributed by atoms with Crippen LogP contribution in [0.5, 0.6) is 5.75 Å². The largest absolute Gasteiger partial charge is 0.496 e. The van der Waals surface area contributed by atoms with Crippen molar-refractivity contribution in [2.45, 2.75) is 32.5 Å². The first-order valence-electron chi connectivity index (χ1n) is 6.05. The Kier molecular flexibility index (Phi) is 3.30. The van der Waals surface area contributed by atoms with Crippen molar-refractivity contribution in [1.82, 2.24) is 4.90 Å². The first kappa shape index (κ1) is 12.9. The number of methoxy groups -OCH3 is 1. The van der Waals surface area contributed by atoms with E-state index in [0.717, 1.165) is 0 Å². The molecular weight excluding hydrogens is 230 g/mol. The van der Waals surface area contributed by atoms with Crippen molar-refractivity contribution >= 4 is 5.91 Å². The first-order valence-corrected chi connectivity index (χ1v) is 6.05. The summed E-state index contributed by atoms with van der Waals surface area (Å²) in [5, 5.41) is 0. The Morgan fingerprint density at radius 1 is 1.44 bits per heavy atom. The molecule has 98 valence electrons. The smallest absolute Gasteiger partial charge is 0.260 e. The maximum Gasteiger partial charge on any atom is 0.260 e. The molecule has 1 unspecified atom stereocenters. The van der Waals surface area contributed by atoms with Crippen LogP contribution in [0.1, 0.15) is 31.1 Å². The minimum Gasteiger partial charge on any atom is -0.496 e. The lowest BCUT2D eigenvalue weighted by molar-refractivity contribution is 0.0305. The lowest BCUT2D eigenvalue weighted by Gasteiger charge is -2.32. The molecule has 1 heterocycles. The van der Waals surface area contributed by atoms with E-state index in [1.165, 1.54) is 0 Å². The van der Waals surface area contributed by atoms with Crippen LogP contribution in [0.2, 0.25) is 0 Å². The van der Waals surface area contributed by atoms with Gasteiger partial charge < -0.3 is 14.4 Å². The highest BCUT2D eigenvalue weighted by Gasteiger charge is 2.42. The summed E-state index contributed by atoms with van der Waals surface area (Å²) in [6, 6.07) is 7.26. The van der Waals surface area contributed by atoms with Gasteiger partial charge in [-0.05, 0) is 32.9 Å². The summed E-state index contributed by atoms with van der Waals surface area (Å²) < 4.78 is 10.8. The van der Waals surface area contributed by atoms with E-state index in [2.05, 4.69) is 0 Å². The molecule has 0 bridgehead atoms. The number of ether oxygens (including phenoxy) is 2. The number of para-hydroxylation sites is 1. The number of benzene rings is 1. The van der Waals surface area contributed by atoms with Crippen LogP contribution in [0.25, 0.3) is 0 Å². The monoisotopic (exact) mass is 249 g/mol. The van der Waals surface area contributed by atoms with Crippen molar-refractivity contribution in [3.05, 3.63) is 29.8 Å². The van der Waals surface area contributed by atoms with Gasteiger partial charge in [-0.3, -0.25) is 4.79 Å². The van der Waals surface area contributed by atoms with Crippen LogP contribution in [0.4, 0.5) is 0 Å². The van der Waals surface area contributed by atoms with Crippen LogP contribution in [-0.2, 0) is 4.74 Å². The van der Waals surface area contributed by atoms with Crippen LogP contribution in [0.15, 0.2) is 24.3 Å². The Labute approximate surface area is 107 Å². The van der Waals surface area contributed by atoms with Gasteiger partial charge in [-0.1, -0.05) is 12.1 Å². The summed E-state index contributed by atoms with van der Waals surface area (Å²) in [5.74, 6) is 0.542. The maximum absolute atomic E-state index is 12.6.